The van der Waals surface area contributed by atoms with Gasteiger partial charge in [-0.3, -0.25) is 4.98 Å². The van der Waals surface area contributed by atoms with Crippen molar-refractivity contribution in [1.82, 2.24) is 9.88 Å². The summed E-state index contributed by atoms with van der Waals surface area (Å²) >= 11 is 0. The minimum Gasteiger partial charge on any atom is -0.493 e. The van der Waals surface area contributed by atoms with E-state index in [0.29, 0.717) is 6.61 Å². The summed E-state index contributed by atoms with van der Waals surface area (Å²) < 4.78 is 11.7. The lowest BCUT2D eigenvalue weighted by Crippen LogP contribution is -2.30. The van der Waals surface area contributed by atoms with Crippen LogP contribution in [0.4, 0.5) is 5.69 Å². The number of nitrogens with zero attached hydrogens (tertiary/aromatic N) is 2. The van der Waals surface area contributed by atoms with Crippen LogP contribution in [0.25, 0.3) is 10.9 Å². The summed E-state index contributed by atoms with van der Waals surface area (Å²) in [4.78, 5) is 7.26. The molecule has 1 unspecified atom stereocenters. The highest BCUT2D eigenvalue weighted by molar-refractivity contribution is 5.95. The van der Waals surface area contributed by atoms with Crippen LogP contribution in [0.1, 0.15) is 43.9 Å². The Labute approximate surface area is 173 Å². The van der Waals surface area contributed by atoms with Crippen molar-refractivity contribution in [2.45, 2.75) is 51.0 Å². The van der Waals surface area contributed by atoms with E-state index in [1.807, 2.05) is 20.0 Å². The number of hydrogen-bond acceptors (Lipinski definition) is 6. The summed E-state index contributed by atoms with van der Waals surface area (Å²) in [6.45, 7) is 5.16. The third kappa shape index (κ3) is 4.28. The van der Waals surface area contributed by atoms with Crippen LogP contribution >= 0.6 is 0 Å². The molecule has 1 saturated heterocycles. The van der Waals surface area contributed by atoms with Crippen LogP contribution < -0.4 is 14.8 Å². The van der Waals surface area contributed by atoms with Crippen LogP contribution in [0, 0.1) is 0 Å². The fourth-order valence-electron chi connectivity index (χ4n) is 4.69. The van der Waals surface area contributed by atoms with Gasteiger partial charge in [-0.2, -0.15) is 0 Å². The van der Waals surface area contributed by atoms with Gasteiger partial charge in [0.15, 0.2) is 11.5 Å². The van der Waals surface area contributed by atoms with Gasteiger partial charge in [-0.05, 0) is 57.1 Å². The van der Waals surface area contributed by atoms with Crippen molar-refractivity contribution in [2.75, 3.05) is 45.7 Å². The van der Waals surface area contributed by atoms with E-state index in [4.69, 9.17) is 14.5 Å². The van der Waals surface area contributed by atoms with Gasteiger partial charge in [-0.15, -0.1) is 0 Å². The highest BCUT2D eigenvalue weighted by atomic mass is 16.5. The number of aryl methyl sites for hydroxylation is 1. The molecule has 0 amide bonds. The third-order valence-corrected chi connectivity index (χ3v) is 6.20. The summed E-state index contributed by atoms with van der Waals surface area (Å²) in [5, 5.41) is 14.6. The number of likely N-dealkylation sites (tertiary alicyclic amines) is 1. The summed E-state index contributed by atoms with van der Waals surface area (Å²) in [7, 11) is 3.67. The molecule has 1 atom stereocenters. The second kappa shape index (κ2) is 8.36. The van der Waals surface area contributed by atoms with E-state index in [1.54, 1.807) is 7.11 Å². The summed E-state index contributed by atoms with van der Waals surface area (Å²) in [5.41, 5.74) is 4.16. The Hall–Kier alpha value is -2.05. The van der Waals surface area contributed by atoms with Gasteiger partial charge in [-0.25, -0.2) is 0 Å². The van der Waals surface area contributed by atoms with Gasteiger partial charge in [0.2, 0.25) is 0 Å². The molecule has 6 nitrogen and oxygen atoms in total. The molecule has 0 radical (unpaired) electrons. The van der Waals surface area contributed by atoms with Crippen LogP contribution in [0.3, 0.4) is 0 Å². The number of aromatic nitrogens is 1. The minimum absolute atomic E-state index is 0.543. The average Bonchev–Trinajstić information content (AvgIpc) is 3.07. The molecule has 158 valence electrons. The van der Waals surface area contributed by atoms with Gasteiger partial charge in [0.25, 0.3) is 0 Å². The Morgan fingerprint density at radius 2 is 2.07 bits per heavy atom. The Morgan fingerprint density at radius 3 is 2.79 bits per heavy atom. The molecule has 29 heavy (non-hydrogen) atoms. The number of methoxy groups -OCH3 is 1. The van der Waals surface area contributed by atoms with Crippen molar-refractivity contribution in [3.63, 3.8) is 0 Å². The Balaban J connectivity index is 1.50. The van der Waals surface area contributed by atoms with Crippen molar-refractivity contribution >= 4 is 16.6 Å². The highest BCUT2D eigenvalue weighted by Gasteiger charge is 2.30. The molecule has 1 aromatic carbocycles. The lowest BCUT2D eigenvalue weighted by molar-refractivity contribution is 0.0681. The highest BCUT2D eigenvalue weighted by Crippen LogP contribution is 2.39. The van der Waals surface area contributed by atoms with Crippen LogP contribution in [0.5, 0.6) is 11.5 Å². The van der Waals surface area contributed by atoms with Crippen LogP contribution in [-0.2, 0) is 12.8 Å². The second-order valence-electron chi connectivity index (χ2n) is 8.61. The van der Waals surface area contributed by atoms with Crippen LogP contribution in [0.2, 0.25) is 0 Å². The standard InChI is InChI=1S/C23H33N3O3/c1-23(27)9-11-26(15-23)10-6-12-29-21-14-19-17(13-20(21)28-3)22(24-2)16-7-4-5-8-18(16)25-19/h13-14,27H,4-12,15H2,1-3H3,(H,24,25). The molecule has 6 heteroatoms. The Kier molecular flexibility index (Phi) is 5.83. The number of rotatable bonds is 7. The van der Waals surface area contributed by atoms with E-state index in [2.05, 4.69) is 16.3 Å². The maximum atomic E-state index is 10.1. The summed E-state index contributed by atoms with van der Waals surface area (Å²) in [6.07, 6.45) is 6.31. The molecule has 2 aromatic rings. The van der Waals surface area contributed by atoms with E-state index >= 15 is 0 Å². The fraction of sp³-hybridized carbons (Fsp3) is 0.609. The zero-order valence-electron chi connectivity index (χ0n) is 17.9. The molecular formula is C23H33N3O3. The third-order valence-electron chi connectivity index (χ3n) is 6.20. The molecule has 2 aliphatic rings. The monoisotopic (exact) mass is 399 g/mol. The smallest absolute Gasteiger partial charge is 0.163 e. The quantitative estimate of drug-likeness (QED) is 0.696. The molecule has 0 bridgehead atoms. The zero-order valence-corrected chi connectivity index (χ0v) is 17.9. The topological polar surface area (TPSA) is 66.9 Å². The number of fused-ring (bicyclic) bond motifs is 2. The maximum Gasteiger partial charge on any atom is 0.163 e. The van der Waals surface area contributed by atoms with Crippen LogP contribution in [0.15, 0.2) is 12.1 Å². The van der Waals surface area contributed by atoms with Crippen molar-refractivity contribution in [1.29, 1.82) is 0 Å². The molecule has 1 aromatic heterocycles. The van der Waals surface area contributed by atoms with Crippen molar-refractivity contribution in [3.05, 3.63) is 23.4 Å². The second-order valence-corrected chi connectivity index (χ2v) is 8.61. The number of nitrogens with one attached hydrogen (secondary N) is 1. The fourth-order valence-corrected chi connectivity index (χ4v) is 4.69. The summed E-state index contributed by atoms with van der Waals surface area (Å²) in [5.74, 6) is 1.49. The van der Waals surface area contributed by atoms with Gasteiger partial charge < -0.3 is 24.8 Å². The minimum atomic E-state index is -0.543. The molecule has 4 rings (SSSR count). The molecule has 1 aliphatic carbocycles. The molecule has 2 N–H and O–H groups in total. The largest absolute Gasteiger partial charge is 0.493 e. The summed E-state index contributed by atoms with van der Waals surface area (Å²) in [6, 6.07) is 4.07. The molecular weight excluding hydrogens is 366 g/mol. The van der Waals surface area contributed by atoms with Gasteiger partial charge in [0, 0.05) is 49.5 Å². The molecule has 1 aliphatic heterocycles. The molecule has 0 saturated carbocycles. The normalized spacial score (nSPS) is 21.9. The van der Waals surface area contributed by atoms with Crippen molar-refractivity contribution in [2.24, 2.45) is 0 Å². The SMILES string of the molecule is CNc1c2c(nc3cc(OCCCN4CCC(C)(O)C4)c(OC)cc13)CCCC2. The number of hydrogen-bond donors (Lipinski definition) is 2. The maximum absolute atomic E-state index is 10.1. The van der Waals surface area contributed by atoms with Gasteiger partial charge in [-0.1, -0.05) is 0 Å². The molecule has 0 spiro atoms. The lowest BCUT2D eigenvalue weighted by atomic mass is 9.92. The van der Waals surface area contributed by atoms with E-state index in [-0.39, 0.29) is 0 Å². The van der Waals surface area contributed by atoms with Gasteiger partial charge >= 0.3 is 0 Å². The van der Waals surface area contributed by atoms with Crippen LogP contribution in [-0.4, -0.2) is 61.0 Å². The molecule has 2 heterocycles. The van der Waals surface area contributed by atoms with Crippen molar-refractivity contribution in [3.8, 4) is 11.5 Å². The zero-order chi connectivity index (χ0) is 20.4. The van der Waals surface area contributed by atoms with Gasteiger partial charge in [0.1, 0.15) is 0 Å². The number of anilines is 1. The number of aliphatic hydroxyl groups is 1. The van der Waals surface area contributed by atoms with Gasteiger partial charge in [0.05, 0.1) is 24.8 Å². The number of benzene rings is 1. The average molecular weight is 400 g/mol. The first-order valence-electron chi connectivity index (χ1n) is 10.8. The number of β-amino-alcohol motifs (C(OH)–C–C–N with tert-alkyl or cyclic N) is 1. The first-order valence-corrected chi connectivity index (χ1v) is 10.8. The Bertz CT molecular complexity index is 882. The van der Waals surface area contributed by atoms with E-state index in [9.17, 15) is 5.11 Å². The van der Waals surface area contributed by atoms with E-state index in [0.717, 1.165) is 67.7 Å². The van der Waals surface area contributed by atoms with E-state index in [1.165, 1.54) is 29.8 Å². The Morgan fingerprint density at radius 1 is 1.24 bits per heavy atom. The first-order chi connectivity index (χ1) is 14.0. The predicted octanol–water partition coefficient (Wildman–Crippen LogP) is 3.39. The number of pyridine rings is 1. The first kappa shape index (κ1) is 20.2. The molecule has 1 fully saturated rings. The number of ether oxygens (including phenoxy) is 2. The van der Waals surface area contributed by atoms with E-state index < -0.39 is 5.60 Å². The van der Waals surface area contributed by atoms with Crippen molar-refractivity contribution < 1.29 is 14.6 Å². The lowest BCUT2D eigenvalue weighted by Gasteiger charge is -2.22. The predicted molar refractivity (Wildman–Crippen MR) is 116 cm³/mol.